The standard InChI is InChI=1S/C44H44Cl2N6O/c1-28-9-8-20-52-42(30-14-16-31(45)17-15-30)34-25-32(46)26-35-39(34)40(43(52)38(28)29-10-4-2-5-11-29)41(48-35)44(53)49-36-27-47-19-18-37(36)51-23-21-50(22-24-51)33-12-6-3-7-13-33/h2,4-5,8,10-11,14-20,25-28,33,42,48H,3,6-7,9,12-13,21-24H2,1H3,(H,49,53). The maximum Gasteiger partial charge on any atom is 0.272 e. The van der Waals surface area contributed by atoms with E-state index in [0.717, 1.165) is 77.1 Å². The van der Waals surface area contributed by atoms with E-state index in [1.165, 1.54) is 37.7 Å². The highest BCUT2D eigenvalue weighted by Gasteiger charge is 2.40. The van der Waals surface area contributed by atoms with Crippen LogP contribution in [0.5, 0.6) is 0 Å². The zero-order valence-electron chi connectivity index (χ0n) is 30.0. The monoisotopic (exact) mass is 742 g/mol. The van der Waals surface area contributed by atoms with Crippen molar-refractivity contribution in [3.8, 4) is 0 Å². The van der Waals surface area contributed by atoms with E-state index in [0.29, 0.717) is 27.5 Å². The van der Waals surface area contributed by atoms with Crippen molar-refractivity contribution in [1.82, 2.24) is 19.8 Å². The van der Waals surface area contributed by atoms with E-state index in [2.05, 4.69) is 97.7 Å². The molecule has 2 atom stereocenters. The minimum absolute atomic E-state index is 0.187. The van der Waals surface area contributed by atoms with Gasteiger partial charge in [0.1, 0.15) is 5.69 Å². The Bertz CT molecular complexity index is 2210. The van der Waals surface area contributed by atoms with Crippen molar-refractivity contribution in [2.45, 2.75) is 57.5 Å². The highest BCUT2D eigenvalue weighted by molar-refractivity contribution is 6.32. The molecule has 0 radical (unpaired) electrons. The van der Waals surface area contributed by atoms with Crippen molar-refractivity contribution in [2.24, 2.45) is 5.92 Å². The zero-order chi connectivity index (χ0) is 36.1. The van der Waals surface area contributed by atoms with Crippen molar-refractivity contribution in [1.29, 1.82) is 0 Å². The van der Waals surface area contributed by atoms with Gasteiger partial charge in [-0.3, -0.25) is 14.7 Å². The van der Waals surface area contributed by atoms with E-state index in [4.69, 9.17) is 23.2 Å². The average molecular weight is 744 g/mol. The first-order chi connectivity index (χ1) is 25.9. The summed E-state index contributed by atoms with van der Waals surface area (Å²) in [6, 6.07) is 25.2. The van der Waals surface area contributed by atoms with Crippen LogP contribution >= 0.6 is 23.2 Å². The van der Waals surface area contributed by atoms with Crippen LogP contribution in [0.4, 0.5) is 11.4 Å². The Balaban J connectivity index is 1.16. The number of hydrogen-bond donors (Lipinski definition) is 2. The summed E-state index contributed by atoms with van der Waals surface area (Å²) in [5.41, 5.74) is 9.42. The summed E-state index contributed by atoms with van der Waals surface area (Å²) >= 11 is 13.3. The molecule has 2 fully saturated rings. The fourth-order valence-electron chi connectivity index (χ4n) is 9.26. The second kappa shape index (κ2) is 14.3. The van der Waals surface area contributed by atoms with Gasteiger partial charge in [-0.1, -0.05) is 97.9 Å². The number of carbonyl (C=O) groups excluding carboxylic acids is 1. The summed E-state index contributed by atoms with van der Waals surface area (Å²) in [6.07, 6.45) is 15.6. The van der Waals surface area contributed by atoms with Crippen LogP contribution in [0.2, 0.25) is 10.0 Å². The number of allylic oxidation sites excluding steroid dienone is 2. The number of amides is 1. The lowest BCUT2D eigenvalue weighted by Crippen LogP contribution is -2.51. The number of H-pyrrole nitrogens is 1. The first-order valence-electron chi connectivity index (χ1n) is 19.0. The van der Waals surface area contributed by atoms with Gasteiger partial charge in [-0.05, 0) is 77.8 Å². The van der Waals surface area contributed by atoms with Crippen molar-refractivity contribution in [3.63, 3.8) is 0 Å². The van der Waals surface area contributed by atoms with Crippen LogP contribution in [-0.4, -0.2) is 57.9 Å². The van der Waals surface area contributed by atoms with Crippen LogP contribution in [-0.2, 0) is 0 Å². The summed E-state index contributed by atoms with van der Waals surface area (Å²) in [4.78, 5) is 30.3. The summed E-state index contributed by atoms with van der Waals surface area (Å²) in [5.74, 6) is -0.0227. The number of anilines is 2. The Morgan fingerprint density at radius 3 is 2.45 bits per heavy atom. The number of nitrogens with zero attached hydrogens (tertiary/aromatic N) is 4. The van der Waals surface area contributed by atoms with Crippen molar-refractivity contribution in [2.75, 3.05) is 36.4 Å². The largest absolute Gasteiger partial charge is 0.367 e. The molecule has 53 heavy (non-hydrogen) atoms. The van der Waals surface area contributed by atoms with Crippen LogP contribution in [0, 0.1) is 5.92 Å². The Labute approximate surface area is 321 Å². The summed E-state index contributed by atoms with van der Waals surface area (Å²) in [5, 5.41) is 5.62. The van der Waals surface area contributed by atoms with Crippen molar-refractivity contribution in [3.05, 3.63) is 135 Å². The van der Waals surface area contributed by atoms with Gasteiger partial charge in [-0.2, -0.15) is 0 Å². The molecule has 0 spiro atoms. The molecule has 1 saturated carbocycles. The molecule has 9 rings (SSSR count). The van der Waals surface area contributed by atoms with Gasteiger partial charge in [0, 0.05) is 71.1 Å². The number of aromatic amines is 1. The van der Waals surface area contributed by atoms with E-state index in [9.17, 15) is 4.79 Å². The molecule has 1 aliphatic carbocycles. The highest BCUT2D eigenvalue weighted by atomic mass is 35.5. The quantitative estimate of drug-likeness (QED) is 0.181. The van der Waals surface area contributed by atoms with Gasteiger partial charge in [-0.15, -0.1) is 0 Å². The van der Waals surface area contributed by atoms with Gasteiger partial charge in [0.25, 0.3) is 5.91 Å². The predicted molar refractivity (Wildman–Crippen MR) is 217 cm³/mol. The second-order valence-corrected chi connectivity index (χ2v) is 15.8. The maximum absolute atomic E-state index is 14.8. The van der Waals surface area contributed by atoms with Crippen LogP contribution in [0.3, 0.4) is 0 Å². The molecule has 270 valence electrons. The Morgan fingerprint density at radius 2 is 1.68 bits per heavy atom. The summed E-state index contributed by atoms with van der Waals surface area (Å²) < 4.78 is 0. The van der Waals surface area contributed by atoms with Gasteiger partial charge < -0.3 is 20.1 Å². The van der Waals surface area contributed by atoms with Crippen LogP contribution in [0.15, 0.2) is 97.5 Å². The fraction of sp³-hybridized carbons (Fsp3) is 0.318. The molecule has 0 bridgehead atoms. The molecule has 1 saturated heterocycles. The third-order valence-corrected chi connectivity index (χ3v) is 12.2. The summed E-state index contributed by atoms with van der Waals surface area (Å²) in [7, 11) is 0. The number of benzene rings is 3. The number of pyridine rings is 1. The molecule has 3 aliphatic heterocycles. The Hall–Kier alpha value is -4.56. The lowest BCUT2D eigenvalue weighted by atomic mass is 9.82. The van der Waals surface area contributed by atoms with Crippen LogP contribution in [0.1, 0.15) is 84.2 Å². The van der Waals surface area contributed by atoms with E-state index in [1.54, 1.807) is 6.20 Å². The molecule has 2 aromatic heterocycles. The van der Waals surface area contributed by atoms with E-state index >= 15 is 0 Å². The van der Waals surface area contributed by atoms with E-state index in [-0.39, 0.29) is 17.9 Å². The molecule has 3 aromatic carbocycles. The van der Waals surface area contributed by atoms with Crippen LogP contribution in [0.25, 0.3) is 22.2 Å². The molecule has 7 nitrogen and oxygen atoms in total. The molecule has 2 N–H and O–H groups in total. The van der Waals surface area contributed by atoms with Gasteiger partial charge in [-0.25, -0.2) is 0 Å². The van der Waals surface area contributed by atoms with Gasteiger partial charge in [0.15, 0.2) is 0 Å². The van der Waals surface area contributed by atoms with E-state index in [1.807, 2.05) is 30.5 Å². The normalized spacial score (nSPS) is 20.8. The highest BCUT2D eigenvalue weighted by Crippen LogP contribution is 2.53. The molecular weight excluding hydrogens is 699 g/mol. The molecule has 4 aliphatic rings. The number of fused-ring (bicyclic) bond motifs is 2. The average Bonchev–Trinajstić information content (AvgIpc) is 3.48. The smallest absolute Gasteiger partial charge is 0.272 e. The number of hydrogen-bond acceptors (Lipinski definition) is 5. The fourth-order valence-corrected chi connectivity index (χ4v) is 9.62. The minimum Gasteiger partial charge on any atom is -0.367 e. The van der Waals surface area contributed by atoms with Gasteiger partial charge >= 0.3 is 0 Å². The second-order valence-electron chi connectivity index (χ2n) is 15.0. The van der Waals surface area contributed by atoms with Crippen LogP contribution < -0.4 is 10.2 Å². The SMILES string of the molecule is CC1CC=CN2C(=C1c1ccccc1)c1c(C(=O)Nc3cnccc3N3CCN(C4CCCCC4)CC3)[nH]c3cc(Cl)cc(c13)C2c1ccc(Cl)cc1. The van der Waals surface area contributed by atoms with Crippen molar-refractivity contribution >= 4 is 62.7 Å². The van der Waals surface area contributed by atoms with E-state index < -0.39 is 0 Å². The van der Waals surface area contributed by atoms with Gasteiger partial charge in [0.05, 0.1) is 29.3 Å². The van der Waals surface area contributed by atoms with Crippen molar-refractivity contribution < 1.29 is 4.79 Å². The first kappa shape index (κ1) is 34.2. The minimum atomic E-state index is -0.209. The molecule has 2 unspecified atom stereocenters. The number of halogens is 2. The third kappa shape index (κ3) is 6.33. The van der Waals surface area contributed by atoms with Gasteiger partial charge in [0.2, 0.25) is 0 Å². The third-order valence-electron chi connectivity index (χ3n) is 11.8. The predicted octanol–water partition coefficient (Wildman–Crippen LogP) is 10.4. The molecular formula is C44H44Cl2N6O. The Morgan fingerprint density at radius 1 is 0.906 bits per heavy atom. The lowest BCUT2D eigenvalue weighted by Gasteiger charge is -2.42. The number of piperazine rings is 1. The Kier molecular flexibility index (Phi) is 9.27. The molecule has 9 heteroatoms. The molecule has 5 aromatic rings. The first-order valence-corrected chi connectivity index (χ1v) is 19.8. The maximum atomic E-state index is 14.8. The number of rotatable bonds is 6. The number of nitrogens with one attached hydrogen (secondary N) is 2. The number of carbonyl (C=O) groups is 1. The summed E-state index contributed by atoms with van der Waals surface area (Å²) in [6.45, 7) is 6.17. The number of aromatic nitrogens is 2. The lowest BCUT2D eigenvalue weighted by molar-refractivity contribution is 0.102. The molecule has 1 amide bonds. The zero-order valence-corrected chi connectivity index (χ0v) is 31.5. The molecule has 5 heterocycles. The topological polar surface area (TPSA) is 67.5 Å².